The molecule has 2 aliphatic rings. The molecule has 0 amide bonds. The molecule has 0 fully saturated rings. The van der Waals surface area contributed by atoms with Gasteiger partial charge in [0.05, 0.1) is 34.5 Å². The predicted molar refractivity (Wildman–Crippen MR) is 167 cm³/mol. The number of esters is 1. The third-order valence-corrected chi connectivity index (χ3v) is 7.64. The zero-order chi connectivity index (χ0) is 31.1. The Kier molecular flexibility index (Phi) is 7.20. The van der Waals surface area contributed by atoms with Gasteiger partial charge >= 0.3 is 11.9 Å². The van der Waals surface area contributed by atoms with E-state index < -0.39 is 17.4 Å². The first-order chi connectivity index (χ1) is 21.2. The highest BCUT2D eigenvalue weighted by molar-refractivity contribution is 6.31. The number of nitrogens with two attached hydrogens (primary N) is 1. The Hall–Kier alpha value is -5.74. The number of rotatable bonds is 7. The van der Waals surface area contributed by atoms with Crippen molar-refractivity contribution in [1.29, 1.82) is 0 Å². The van der Waals surface area contributed by atoms with Crippen molar-refractivity contribution in [2.24, 2.45) is 0 Å². The first kappa shape index (κ1) is 28.4. The van der Waals surface area contributed by atoms with Crippen LogP contribution < -0.4 is 16.5 Å². The maximum Gasteiger partial charge on any atom is 0.337 e. The van der Waals surface area contributed by atoms with Crippen molar-refractivity contribution in [3.8, 4) is 22.5 Å². The maximum atomic E-state index is 12.6. The molecule has 0 saturated carbocycles. The van der Waals surface area contributed by atoms with Crippen molar-refractivity contribution in [2.75, 3.05) is 18.2 Å². The minimum Gasteiger partial charge on any atom is -0.478 e. The first-order valence-electron chi connectivity index (χ1n) is 13.2. The molecular formula is C33H22ClN3O7. The number of carbonyl (C=O) groups is 3. The van der Waals surface area contributed by atoms with Crippen molar-refractivity contribution in [3.05, 3.63) is 110 Å². The number of pyridine rings is 1. The first-order valence-corrected chi connectivity index (χ1v) is 13.6. The lowest BCUT2D eigenvalue weighted by Crippen LogP contribution is -2.09. The number of fused-ring (bicyclic) bond motifs is 3. The van der Waals surface area contributed by atoms with E-state index in [9.17, 15) is 24.3 Å². The molecule has 11 heteroatoms. The van der Waals surface area contributed by atoms with Gasteiger partial charge in [-0.05, 0) is 54.1 Å². The number of hydrogen-bond acceptors (Lipinski definition) is 9. The monoisotopic (exact) mass is 607 g/mol. The Morgan fingerprint density at radius 3 is 2.64 bits per heavy atom. The fourth-order valence-corrected chi connectivity index (χ4v) is 5.40. The van der Waals surface area contributed by atoms with Crippen LogP contribution >= 0.6 is 11.6 Å². The fourth-order valence-electron chi connectivity index (χ4n) is 5.24. The zero-order valence-corrected chi connectivity index (χ0v) is 23.8. The van der Waals surface area contributed by atoms with E-state index in [0.717, 1.165) is 5.39 Å². The van der Waals surface area contributed by atoms with Gasteiger partial charge in [-0.25, -0.2) is 14.6 Å². The van der Waals surface area contributed by atoms with Gasteiger partial charge in [-0.2, -0.15) is 0 Å². The minimum atomic E-state index is -1.24. The molecular weight excluding hydrogens is 586 g/mol. The number of carbonyl (C=O) groups excluding carboxylic acids is 2. The van der Waals surface area contributed by atoms with Gasteiger partial charge in [0.2, 0.25) is 5.43 Å². The summed E-state index contributed by atoms with van der Waals surface area (Å²) >= 11 is 6.25. The number of carboxylic acid groups (broad SMARTS) is 1. The van der Waals surface area contributed by atoms with Gasteiger partial charge in [0, 0.05) is 45.8 Å². The minimum absolute atomic E-state index is 0.0928. The molecule has 0 saturated heterocycles. The Morgan fingerprint density at radius 2 is 1.89 bits per heavy atom. The molecule has 4 N–H and O–H groups in total. The third kappa shape index (κ3) is 4.87. The van der Waals surface area contributed by atoms with E-state index in [1.807, 2.05) is 18.2 Å². The highest BCUT2D eigenvalue weighted by Gasteiger charge is 2.25. The summed E-state index contributed by atoms with van der Waals surface area (Å²) in [5.74, 6) is -1.76. The van der Waals surface area contributed by atoms with E-state index in [2.05, 4.69) is 10.3 Å². The van der Waals surface area contributed by atoms with Crippen LogP contribution in [-0.4, -0.2) is 35.4 Å². The molecule has 1 aliphatic heterocycles. The van der Waals surface area contributed by atoms with Crippen LogP contribution in [-0.2, 0) is 11.3 Å². The lowest BCUT2D eigenvalue weighted by atomic mass is 9.88. The number of para-hydroxylation sites is 1. The van der Waals surface area contributed by atoms with Gasteiger partial charge in [-0.15, -0.1) is 0 Å². The molecule has 4 aromatic rings. The van der Waals surface area contributed by atoms with Gasteiger partial charge in [0.1, 0.15) is 17.0 Å². The predicted octanol–water partition coefficient (Wildman–Crippen LogP) is 6.26. The van der Waals surface area contributed by atoms with E-state index in [1.54, 1.807) is 24.3 Å². The van der Waals surface area contributed by atoms with E-state index in [0.29, 0.717) is 45.3 Å². The molecule has 10 nitrogen and oxygen atoms in total. The van der Waals surface area contributed by atoms with Crippen molar-refractivity contribution in [2.45, 2.75) is 6.54 Å². The molecule has 0 spiro atoms. The number of aromatic nitrogens is 1. The van der Waals surface area contributed by atoms with Crippen LogP contribution in [0.5, 0.6) is 0 Å². The average Bonchev–Trinajstić information content (AvgIpc) is 3.03. The normalized spacial score (nSPS) is 11.1. The Morgan fingerprint density at radius 1 is 1.07 bits per heavy atom. The SMILES string of the molecule is COC(=O)c1ccc(C(=O)O)c(-c2c3cc(Cl)c(=O)cc-3oc3c(CNc4cccc5ccc(C=O)nc45)c(N)ccc23)c1. The van der Waals surface area contributed by atoms with Crippen LogP contribution in [0.1, 0.15) is 36.8 Å². The van der Waals surface area contributed by atoms with Crippen LogP contribution in [0.25, 0.3) is 44.3 Å². The molecule has 1 aliphatic carbocycles. The largest absolute Gasteiger partial charge is 0.478 e. The molecule has 0 atom stereocenters. The topological polar surface area (TPSA) is 162 Å². The number of halogens is 1. The van der Waals surface area contributed by atoms with Crippen LogP contribution in [0.4, 0.5) is 11.4 Å². The van der Waals surface area contributed by atoms with E-state index in [4.69, 9.17) is 26.5 Å². The number of ether oxygens (including phenoxy) is 1. The van der Waals surface area contributed by atoms with Crippen LogP contribution in [0.2, 0.25) is 5.02 Å². The Labute approximate surface area is 254 Å². The van der Waals surface area contributed by atoms with Gasteiger partial charge in [0.25, 0.3) is 0 Å². The van der Waals surface area contributed by atoms with Gasteiger partial charge in [-0.3, -0.25) is 9.59 Å². The van der Waals surface area contributed by atoms with Crippen molar-refractivity contribution in [3.63, 3.8) is 0 Å². The number of aldehydes is 1. The summed E-state index contributed by atoms with van der Waals surface area (Å²) in [7, 11) is 1.22. The second-order valence-electron chi connectivity index (χ2n) is 9.91. The van der Waals surface area contributed by atoms with Crippen molar-refractivity contribution >= 4 is 63.1 Å². The number of carboxylic acids is 1. The number of nitrogen functional groups attached to an aromatic ring is 1. The molecule has 0 unspecified atom stereocenters. The number of anilines is 2. The highest BCUT2D eigenvalue weighted by Crippen LogP contribution is 2.44. The van der Waals surface area contributed by atoms with Crippen LogP contribution in [0.3, 0.4) is 0 Å². The number of nitrogens with zero attached hydrogens (tertiary/aromatic N) is 1. The van der Waals surface area contributed by atoms with Crippen LogP contribution in [0, 0.1) is 0 Å². The summed E-state index contributed by atoms with van der Waals surface area (Å²) in [6.45, 7) is 0.134. The molecule has 6 rings (SSSR count). The molecule has 2 heterocycles. The number of benzene rings is 4. The number of hydrogen-bond donors (Lipinski definition) is 3. The van der Waals surface area contributed by atoms with Gasteiger partial charge < -0.3 is 25.3 Å². The molecule has 44 heavy (non-hydrogen) atoms. The summed E-state index contributed by atoms with van der Waals surface area (Å²) in [6.07, 6.45) is 0.668. The smallest absolute Gasteiger partial charge is 0.337 e. The summed E-state index contributed by atoms with van der Waals surface area (Å²) in [5.41, 5.74) is 9.54. The third-order valence-electron chi connectivity index (χ3n) is 7.34. The summed E-state index contributed by atoms with van der Waals surface area (Å²) in [4.78, 5) is 53.3. The van der Waals surface area contributed by atoms with Crippen molar-refractivity contribution < 1.29 is 28.6 Å². The Balaban J connectivity index is 1.62. The average molecular weight is 608 g/mol. The second-order valence-corrected chi connectivity index (χ2v) is 10.3. The molecule has 0 bridgehead atoms. The van der Waals surface area contributed by atoms with Gasteiger partial charge in [-0.1, -0.05) is 29.8 Å². The highest BCUT2D eigenvalue weighted by atomic mass is 35.5. The molecule has 0 radical (unpaired) electrons. The summed E-state index contributed by atoms with van der Waals surface area (Å²) in [6, 6.07) is 19.0. The summed E-state index contributed by atoms with van der Waals surface area (Å²) < 4.78 is 11.2. The Bertz CT molecular complexity index is 2190. The standard InChI is InChI=1S/C33H22ClN3O7/c1-43-33(42)17-6-8-19(32(40)41)21(11-17)29-20-9-10-25(35)23(31(20)44-28-13-27(39)24(34)12-22(28)29)14-36-26-4-2-3-16-5-7-18(15-38)37-30(16)26/h2-13,15,36H,14,35H2,1H3,(H,40,41). The van der Waals surface area contributed by atoms with E-state index in [-0.39, 0.29) is 45.3 Å². The maximum absolute atomic E-state index is 12.6. The summed E-state index contributed by atoms with van der Waals surface area (Å²) in [5, 5.41) is 14.6. The van der Waals surface area contributed by atoms with Gasteiger partial charge in [0.15, 0.2) is 6.29 Å². The number of nitrogens with one attached hydrogen (secondary N) is 1. The zero-order valence-electron chi connectivity index (χ0n) is 23.0. The van der Waals surface area contributed by atoms with E-state index in [1.165, 1.54) is 37.4 Å². The quantitative estimate of drug-likeness (QED) is 0.0817. The number of aromatic carboxylic acids is 1. The van der Waals surface area contributed by atoms with Crippen molar-refractivity contribution in [1.82, 2.24) is 4.98 Å². The number of methoxy groups -OCH3 is 1. The lowest BCUT2D eigenvalue weighted by Gasteiger charge is -2.20. The lowest BCUT2D eigenvalue weighted by molar-refractivity contribution is 0.0598. The second kappa shape index (κ2) is 11.2. The fraction of sp³-hybridized carbons (Fsp3) is 0.0606. The van der Waals surface area contributed by atoms with Crippen LogP contribution in [0.15, 0.2) is 82.0 Å². The molecule has 3 aromatic carbocycles. The molecule has 218 valence electrons. The van der Waals surface area contributed by atoms with E-state index >= 15 is 0 Å². The molecule has 1 aromatic heterocycles.